The van der Waals surface area contributed by atoms with Crippen molar-refractivity contribution in [3.8, 4) is 0 Å². The predicted octanol–water partition coefficient (Wildman–Crippen LogP) is 6.72. The number of cyclic esters (lactones) is 1. The lowest BCUT2D eigenvalue weighted by Crippen LogP contribution is -2.27. The zero-order valence-electron chi connectivity index (χ0n) is 14.2. The maximum atomic E-state index is 13.1. The highest BCUT2D eigenvalue weighted by atomic mass is 35.5. The van der Waals surface area contributed by atoms with E-state index in [2.05, 4.69) is 0 Å². The van der Waals surface area contributed by atoms with Gasteiger partial charge in [-0.05, 0) is 41.5 Å². The summed E-state index contributed by atoms with van der Waals surface area (Å²) in [5.74, 6) is 0. The van der Waals surface area contributed by atoms with Crippen molar-refractivity contribution in [3.63, 3.8) is 0 Å². The van der Waals surface area contributed by atoms with Gasteiger partial charge in [0.2, 0.25) is 0 Å². The number of alkyl halides is 6. The summed E-state index contributed by atoms with van der Waals surface area (Å²) >= 11 is 11.8. The summed E-state index contributed by atoms with van der Waals surface area (Å²) in [4.78, 5) is 13.1. The maximum Gasteiger partial charge on any atom is 0.416 e. The van der Waals surface area contributed by atoms with E-state index in [-0.39, 0.29) is 28.3 Å². The van der Waals surface area contributed by atoms with Crippen LogP contribution in [0.2, 0.25) is 10.0 Å². The highest BCUT2D eigenvalue weighted by molar-refractivity contribution is 6.42. The molecule has 3 rings (SSSR count). The van der Waals surface area contributed by atoms with Gasteiger partial charge in [-0.25, -0.2) is 4.79 Å². The average molecular weight is 458 g/mol. The molecule has 0 radical (unpaired) electrons. The van der Waals surface area contributed by atoms with E-state index in [0.29, 0.717) is 17.7 Å². The van der Waals surface area contributed by atoms with Gasteiger partial charge in [0, 0.05) is 6.54 Å². The fourth-order valence-electron chi connectivity index (χ4n) is 2.93. The number of benzene rings is 2. The molecule has 0 aliphatic carbocycles. The molecule has 2 aromatic carbocycles. The van der Waals surface area contributed by atoms with E-state index < -0.39 is 42.2 Å². The second-order valence-electron chi connectivity index (χ2n) is 6.31. The number of hydrogen-bond acceptors (Lipinski definition) is 2. The predicted molar refractivity (Wildman–Crippen MR) is 92.5 cm³/mol. The number of carbonyl (C=O) groups excluding carboxylic acids is 1. The largest absolute Gasteiger partial charge is 0.447 e. The van der Waals surface area contributed by atoms with E-state index in [9.17, 15) is 31.1 Å². The summed E-state index contributed by atoms with van der Waals surface area (Å²) in [7, 11) is 0. The zero-order chi connectivity index (χ0) is 21.6. The van der Waals surface area contributed by atoms with Crippen molar-refractivity contribution < 1.29 is 35.9 Å². The number of carbonyl (C=O) groups is 1. The van der Waals surface area contributed by atoms with Gasteiger partial charge in [0.1, 0.15) is 6.61 Å². The van der Waals surface area contributed by atoms with E-state index in [1.54, 1.807) is 6.07 Å². The molecule has 1 heterocycles. The molecule has 1 aliphatic heterocycles. The molecule has 29 heavy (non-hydrogen) atoms. The van der Waals surface area contributed by atoms with Crippen molar-refractivity contribution in [2.75, 3.05) is 6.61 Å². The number of rotatable bonds is 3. The molecular formula is C18H11Cl2F6NO2. The summed E-state index contributed by atoms with van der Waals surface area (Å²) in [5, 5.41) is 0.432. The van der Waals surface area contributed by atoms with E-state index in [1.165, 1.54) is 12.1 Å². The third-order valence-corrected chi connectivity index (χ3v) is 5.04. The van der Waals surface area contributed by atoms with Crippen LogP contribution in [0, 0.1) is 0 Å². The molecule has 2 aromatic rings. The van der Waals surface area contributed by atoms with Crippen LogP contribution in [0.1, 0.15) is 28.3 Å². The molecule has 1 fully saturated rings. The summed E-state index contributed by atoms with van der Waals surface area (Å²) in [6, 6.07) is 4.90. The lowest BCUT2D eigenvalue weighted by Gasteiger charge is -2.23. The minimum atomic E-state index is -4.98. The molecule has 3 nitrogen and oxygen atoms in total. The van der Waals surface area contributed by atoms with Gasteiger partial charge in [0.05, 0.1) is 27.2 Å². The lowest BCUT2D eigenvalue weighted by molar-refractivity contribution is -0.143. The smallest absolute Gasteiger partial charge is 0.416 e. The standard InChI is InChI=1S/C18H11Cl2F6NO2/c19-13-2-1-10(5-14(13)20)15-8-29-16(28)27(15)7-9-3-11(17(21,22)23)6-12(4-9)18(24,25)26/h1-6,15H,7-8H2. The van der Waals surface area contributed by atoms with Gasteiger partial charge < -0.3 is 4.74 Å². The number of halogens is 8. The first-order valence-corrected chi connectivity index (χ1v) is 8.78. The Hall–Kier alpha value is -2.13. The van der Waals surface area contributed by atoms with Crippen LogP contribution in [-0.2, 0) is 23.6 Å². The Labute approximate surface area is 170 Å². The first kappa shape index (κ1) is 21.6. The minimum Gasteiger partial charge on any atom is -0.447 e. The Kier molecular flexibility index (Phi) is 5.66. The van der Waals surface area contributed by atoms with Crippen LogP contribution >= 0.6 is 23.2 Å². The first-order chi connectivity index (χ1) is 13.4. The molecule has 1 aliphatic rings. The van der Waals surface area contributed by atoms with E-state index in [1.807, 2.05) is 0 Å². The van der Waals surface area contributed by atoms with Crippen LogP contribution in [0.15, 0.2) is 36.4 Å². The van der Waals surface area contributed by atoms with Gasteiger partial charge in [-0.15, -0.1) is 0 Å². The molecule has 1 amide bonds. The zero-order valence-corrected chi connectivity index (χ0v) is 15.8. The normalized spacial score (nSPS) is 17.6. The van der Waals surface area contributed by atoms with Gasteiger partial charge >= 0.3 is 18.4 Å². The van der Waals surface area contributed by atoms with Crippen molar-refractivity contribution in [2.45, 2.75) is 24.9 Å². The van der Waals surface area contributed by atoms with Crippen LogP contribution in [0.4, 0.5) is 31.1 Å². The average Bonchev–Trinajstić information content (AvgIpc) is 2.96. The van der Waals surface area contributed by atoms with Crippen LogP contribution in [0.25, 0.3) is 0 Å². The topological polar surface area (TPSA) is 29.5 Å². The van der Waals surface area contributed by atoms with Crippen molar-refractivity contribution >= 4 is 29.3 Å². The molecule has 0 spiro atoms. The summed E-state index contributed by atoms with van der Waals surface area (Å²) in [6.45, 7) is -0.654. The SMILES string of the molecule is O=C1OCC(c2ccc(Cl)c(Cl)c2)N1Cc1cc(C(F)(F)F)cc(C(F)(F)F)c1. The number of hydrogen-bond donors (Lipinski definition) is 0. The Morgan fingerprint density at radius 3 is 2.03 bits per heavy atom. The van der Waals surface area contributed by atoms with Crippen molar-refractivity contribution in [3.05, 3.63) is 68.7 Å². The Bertz CT molecular complexity index is 913. The maximum absolute atomic E-state index is 13.1. The first-order valence-electron chi connectivity index (χ1n) is 8.03. The fourth-order valence-corrected chi connectivity index (χ4v) is 3.23. The molecule has 1 saturated heterocycles. The third-order valence-electron chi connectivity index (χ3n) is 4.30. The van der Waals surface area contributed by atoms with Crippen molar-refractivity contribution in [1.82, 2.24) is 4.90 Å². The van der Waals surface area contributed by atoms with Gasteiger partial charge in [0.25, 0.3) is 0 Å². The molecule has 0 aromatic heterocycles. The third kappa shape index (κ3) is 4.72. The monoisotopic (exact) mass is 457 g/mol. The molecule has 11 heteroatoms. The Morgan fingerprint density at radius 1 is 0.931 bits per heavy atom. The molecule has 156 valence electrons. The lowest BCUT2D eigenvalue weighted by atomic mass is 10.0. The van der Waals surface area contributed by atoms with E-state index >= 15 is 0 Å². The highest BCUT2D eigenvalue weighted by Gasteiger charge is 2.39. The van der Waals surface area contributed by atoms with Crippen molar-refractivity contribution in [1.29, 1.82) is 0 Å². The van der Waals surface area contributed by atoms with E-state index in [0.717, 1.165) is 4.90 Å². The van der Waals surface area contributed by atoms with Gasteiger partial charge in [0.15, 0.2) is 0 Å². The number of ether oxygens (including phenoxy) is 1. The molecule has 0 saturated carbocycles. The summed E-state index contributed by atoms with van der Waals surface area (Å²) in [6.07, 6.45) is -10.8. The fraction of sp³-hybridized carbons (Fsp3) is 0.278. The molecule has 0 bridgehead atoms. The Balaban J connectivity index is 1.98. The van der Waals surface area contributed by atoms with E-state index in [4.69, 9.17) is 27.9 Å². The highest BCUT2D eigenvalue weighted by Crippen LogP contribution is 2.38. The number of amides is 1. The number of nitrogens with zero attached hydrogens (tertiary/aromatic N) is 1. The van der Waals surface area contributed by atoms with Crippen LogP contribution < -0.4 is 0 Å². The van der Waals surface area contributed by atoms with Crippen LogP contribution in [0.3, 0.4) is 0 Å². The molecule has 1 unspecified atom stereocenters. The van der Waals surface area contributed by atoms with Crippen LogP contribution in [0.5, 0.6) is 0 Å². The summed E-state index contributed by atoms with van der Waals surface area (Å²) in [5.41, 5.74) is -2.77. The van der Waals surface area contributed by atoms with Crippen molar-refractivity contribution in [2.24, 2.45) is 0 Å². The molecule has 0 N–H and O–H groups in total. The van der Waals surface area contributed by atoms with Crippen LogP contribution in [-0.4, -0.2) is 17.6 Å². The molecule has 1 atom stereocenters. The van der Waals surface area contributed by atoms with Gasteiger partial charge in [-0.2, -0.15) is 26.3 Å². The Morgan fingerprint density at radius 2 is 1.52 bits per heavy atom. The van der Waals surface area contributed by atoms with Gasteiger partial charge in [-0.3, -0.25) is 4.90 Å². The second-order valence-corrected chi connectivity index (χ2v) is 7.12. The quantitative estimate of drug-likeness (QED) is 0.478. The minimum absolute atomic E-state index is 0.0300. The van der Waals surface area contributed by atoms with Gasteiger partial charge in [-0.1, -0.05) is 29.3 Å². The molecular weight excluding hydrogens is 447 g/mol. The summed E-state index contributed by atoms with van der Waals surface area (Å²) < 4.78 is 83.2. The second kappa shape index (κ2) is 7.60.